The van der Waals surface area contributed by atoms with E-state index in [-0.39, 0.29) is 12.0 Å². The van der Waals surface area contributed by atoms with Gasteiger partial charge in [0.25, 0.3) is 0 Å². The summed E-state index contributed by atoms with van der Waals surface area (Å²) in [6.07, 6.45) is 4.64. The van der Waals surface area contributed by atoms with Gasteiger partial charge in [0.2, 0.25) is 5.91 Å². The molecule has 1 aliphatic rings. The van der Waals surface area contributed by atoms with E-state index in [2.05, 4.69) is 25.3 Å². The Balaban J connectivity index is 1.48. The number of rotatable bonds is 5. The number of ether oxygens (including phenoxy) is 1. The van der Waals surface area contributed by atoms with E-state index in [9.17, 15) is 4.79 Å². The molecule has 8 nitrogen and oxygen atoms in total. The molecule has 0 spiro atoms. The minimum atomic E-state index is -0.110. The number of morpholine rings is 1. The summed E-state index contributed by atoms with van der Waals surface area (Å²) in [7, 11) is 0. The van der Waals surface area contributed by atoms with Gasteiger partial charge in [-0.3, -0.25) is 14.4 Å². The Morgan fingerprint density at radius 1 is 1.48 bits per heavy atom. The van der Waals surface area contributed by atoms with E-state index in [1.807, 2.05) is 0 Å². The van der Waals surface area contributed by atoms with Crippen LogP contribution in [0, 0.1) is 0 Å². The molecule has 0 aromatic carbocycles. The Morgan fingerprint density at radius 3 is 3.13 bits per heavy atom. The molecule has 3 rings (SSSR count). The molecule has 9 heteroatoms. The van der Waals surface area contributed by atoms with Gasteiger partial charge < -0.3 is 10.1 Å². The highest BCUT2D eigenvalue weighted by molar-refractivity contribution is 6.30. The quantitative estimate of drug-likeness (QED) is 0.863. The summed E-state index contributed by atoms with van der Waals surface area (Å²) < 4.78 is 7.43. The molecule has 0 unspecified atom stereocenters. The zero-order chi connectivity index (χ0) is 16.1. The molecule has 3 heterocycles. The fraction of sp³-hybridized carbons (Fsp3) is 0.429. The van der Waals surface area contributed by atoms with Gasteiger partial charge in [0.05, 0.1) is 30.8 Å². The van der Waals surface area contributed by atoms with E-state index in [1.54, 1.807) is 23.1 Å². The summed E-state index contributed by atoms with van der Waals surface area (Å²) in [5, 5.41) is 7.36. The lowest BCUT2D eigenvalue weighted by atomic mass is 10.2. The number of hydrogen-bond donors (Lipinski definition) is 1. The van der Waals surface area contributed by atoms with Crippen LogP contribution in [0.4, 0.5) is 5.82 Å². The number of pyridine rings is 1. The predicted molar refractivity (Wildman–Crippen MR) is 84.1 cm³/mol. The van der Waals surface area contributed by atoms with Crippen LogP contribution in [0.5, 0.6) is 0 Å². The first-order chi connectivity index (χ1) is 11.2. The van der Waals surface area contributed by atoms with Gasteiger partial charge in [0.1, 0.15) is 18.5 Å². The van der Waals surface area contributed by atoms with Crippen molar-refractivity contribution in [3.8, 4) is 0 Å². The first-order valence-corrected chi connectivity index (χ1v) is 7.64. The number of amides is 1. The largest absolute Gasteiger partial charge is 0.374 e. The van der Waals surface area contributed by atoms with Crippen LogP contribution < -0.4 is 5.32 Å². The van der Waals surface area contributed by atoms with Gasteiger partial charge in [-0.15, -0.1) is 0 Å². The third kappa shape index (κ3) is 4.72. The molecule has 23 heavy (non-hydrogen) atoms. The summed E-state index contributed by atoms with van der Waals surface area (Å²) in [6, 6.07) is 3.36. The predicted octanol–water partition coefficient (Wildman–Crippen LogP) is 0.666. The SMILES string of the molecule is O=C(CN1CCO[C@H](Cn2cncn2)C1)Nc1ccc(Cl)cn1. The van der Waals surface area contributed by atoms with E-state index < -0.39 is 0 Å². The van der Waals surface area contributed by atoms with Crippen molar-refractivity contribution in [3.05, 3.63) is 36.0 Å². The smallest absolute Gasteiger partial charge is 0.239 e. The topological polar surface area (TPSA) is 85.2 Å². The van der Waals surface area contributed by atoms with E-state index in [0.717, 1.165) is 6.54 Å². The Kier molecular flexibility index (Phi) is 5.16. The Hall–Kier alpha value is -2.03. The zero-order valence-corrected chi connectivity index (χ0v) is 13.2. The molecular weight excluding hydrogens is 320 g/mol. The molecular formula is C14H17ClN6O2. The standard InChI is InChI=1S/C14H17ClN6O2/c15-11-1-2-13(17-5-11)19-14(22)8-20-3-4-23-12(6-20)7-21-10-16-9-18-21/h1-2,5,9-10,12H,3-4,6-8H2,(H,17,19,22)/t12-/m0/s1. The summed E-state index contributed by atoms with van der Waals surface area (Å²) >= 11 is 5.77. The van der Waals surface area contributed by atoms with Gasteiger partial charge in [0.15, 0.2) is 0 Å². The highest BCUT2D eigenvalue weighted by Crippen LogP contribution is 2.10. The fourth-order valence-corrected chi connectivity index (χ4v) is 2.52. The monoisotopic (exact) mass is 336 g/mol. The number of halogens is 1. The third-order valence-corrected chi connectivity index (χ3v) is 3.67. The summed E-state index contributed by atoms with van der Waals surface area (Å²) in [5.74, 6) is 0.382. The second-order valence-corrected chi connectivity index (χ2v) is 5.69. The minimum absolute atomic E-state index is 0.00749. The first-order valence-electron chi connectivity index (χ1n) is 7.27. The Morgan fingerprint density at radius 2 is 2.39 bits per heavy atom. The maximum Gasteiger partial charge on any atom is 0.239 e. The molecule has 2 aromatic heterocycles. The molecule has 0 bridgehead atoms. The van der Waals surface area contributed by atoms with Crippen LogP contribution in [0.3, 0.4) is 0 Å². The zero-order valence-electron chi connectivity index (χ0n) is 12.4. The molecule has 2 aromatic rings. The second-order valence-electron chi connectivity index (χ2n) is 5.26. The van der Waals surface area contributed by atoms with E-state index in [1.165, 1.54) is 12.5 Å². The third-order valence-electron chi connectivity index (χ3n) is 3.44. The van der Waals surface area contributed by atoms with Crippen molar-refractivity contribution in [2.45, 2.75) is 12.6 Å². The van der Waals surface area contributed by atoms with Crippen molar-refractivity contribution in [3.63, 3.8) is 0 Å². The fourth-order valence-electron chi connectivity index (χ4n) is 2.41. The van der Waals surface area contributed by atoms with Crippen molar-refractivity contribution in [2.24, 2.45) is 0 Å². The van der Waals surface area contributed by atoms with Gasteiger partial charge in [-0.25, -0.2) is 9.97 Å². The number of aromatic nitrogens is 4. The number of carbonyl (C=O) groups excluding carboxylic acids is 1. The van der Waals surface area contributed by atoms with Crippen LogP contribution in [-0.2, 0) is 16.1 Å². The highest BCUT2D eigenvalue weighted by Gasteiger charge is 2.22. The van der Waals surface area contributed by atoms with Crippen molar-refractivity contribution >= 4 is 23.3 Å². The highest BCUT2D eigenvalue weighted by atomic mass is 35.5. The Labute approximate surface area is 138 Å². The molecule has 0 aliphatic carbocycles. The normalized spacial score (nSPS) is 18.7. The Bertz CT molecular complexity index is 633. The number of nitrogens with zero attached hydrogens (tertiary/aromatic N) is 5. The van der Waals surface area contributed by atoms with E-state index in [0.29, 0.717) is 37.1 Å². The average Bonchev–Trinajstić information content (AvgIpc) is 3.03. The van der Waals surface area contributed by atoms with Gasteiger partial charge in [0, 0.05) is 19.3 Å². The molecule has 1 fully saturated rings. The van der Waals surface area contributed by atoms with E-state index in [4.69, 9.17) is 16.3 Å². The summed E-state index contributed by atoms with van der Waals surface area (Å²) in [6.45, 7) is 2.89. The van der Waals surface area contributed by atoms with Crippen LogP contribution in [0.1, 0.15) is 0 Å². The van der Waals surface area contributed by atoms with Gasteiger partial charge in [-0.1, -0.05) is 11.6 Å². The second kappa shape index (κ2) is 7.49. The molecule has 122 valence electrons. The number of nitrogens with one attached hydrogen (secondary N) is 1. The molecule has 0 radical (unpaired) electrons. The molecule has 1 saturated heterocycles. The van der Waals surface area contributed by atoms with Crippen molar-refractivity contribution in [2.75, 3.05) is 31.6 Å². The lowest BCUT2D eigenvalue weighted by Gasteiger charge is -2.32. The van der Waals surface area contributed by atoms with Crippen molar-refractivity contribution in [1.82, 2.24) is 24.6 Å². The number of anilines is 1. The van der Waals surface area contributed by atoms with E-state index >= 15 is 0 Å². The maximum atomic E-state index is 12.1. The average molecular weight is 337 g/mol. The maximum absolute atomic E-state index is 12.1. The molecule has 1 aliphatic heterocycles. The van der Waals surface area contributed by atoms with Crippen LogP contribution >= 0.6 is 11.6 Å². The van der Waals surface area contributed by atoms with Crippen LogP contribution in [0.25, 0.3) is 0 Å². The molecule has 0 saturated carbocycles. The van der Waals surface area contributed by atoms with Crippen molar-refractivity contribution < 1.29 is 9.53 Å². The summed E-state index contributed by atoms with van der Waals surface area (Å²) in [5.41, 5.74) is 0. The molecule has 1 amide bonds. The summed E-state index contributed by atoms with van der Waals surface area (Å²) in [4.78, 5) is 22.1. The van der Waals surface area contributed by atoms with Gasteiger partial charge in [-0.2, -0.15) is 5.10 Å². The number of hydrogen-bond acceptors (Lipinski definition) is 6. The molecule has 1 atom stereocenters. The first kappa shape index (κ1) is 15.9. The van der Waals surface area contributed by atoms with Crippen LogP contribution in [-0.4, -0.2) is 62.9 Å². The van der Waals surface area contributed by atoms with Crippen molar-refractivity contribution in [1.29, 1.82) is 0 Å². The van der Waals surface area contributed by atoms with Crippen LogP contribution in [0.15, 0.2) is 31.0 Å². The minimum Gasteiger partial charge on any atom is -0.374 e. The van der Waals surface area contributed by atoms with Gasteiger partial charge >= 0.3 is 0 Å². The lowest BCUT2D eigenvalue weighted by molar-refractivity contribution is -0.119. The number of carbonyl (C=O) groups is 1. The molecule has 1 N–H and O–H groups in total. The van der Waals surface area contributed by atoms with Crippen LogP contribution in [0.2, 0.25) is 5.02 Å². The van der Waals surface area contributed by atoms with Gasteiger partial charge in [-0.05, 0) is 12.1 Å². The lowest BCUT2D eigenvalue weighted by Crippen LogP contribution is -2.47.